The number of nitrogens with zero attached hydrogens (tertiary/aromatic N) is 2. The van der Waals surface area contributed by atoms with Crippen molar-refractivity contribution in [2.24, 2.45) is 5.41 Å². The average Bonchev–Trinajstić information content (AvgIpc) is 2.85. The van der Waals surface area contributed by atoms with Gasteiger partial charge in [0.05, 0.1) is 0 Å². The lowest BCUT2D eigenvalue weighted by Crippen LogP contribution is -2.48. The SMILES string of the molecule is CCCC(C)(CNC(=O)c1noc(CC)c1C)C(C)N(C)C. The Morgan fingerprint density at radius 2 is 2.05 bits per heavy atom. The number of hydrogen-bond donors (Lipinski definition) is 1. The lowest BCUT2D eigenvalue weighted by Gasteiger charge is -2.39. The van der Waals surface area contributed by atoms with Crippen molar-refractivity contribution in [1.82, 2.24) is 15.4 Å². The molecule has 22 heavy (non-hydrogen) atoms. The molecule has 2 atom stereocenters. The molecule has 5 nitrogen and oxygen atoms in total. The van der Waals surface area contributed by atoms with Crippen LogP contribution in [0.1, 0.15) is 62.3 Å². The lowest BCUT2D eigenvalue weighted by atomic mass is 9.78. The van der Waals surface area contributed by atoms with E-state index in [2.05, 4.69) is 50.2 Å². The lowest BCUT2D eigenvalue weighted by molar-refractivity contribution is 0.0850. The summed E-state index contributed by atoms with van der Waals surface area (Å²) < 4.78 is 5.21. The van der Waals surface area contributed by atoms with Crippen molar-refractivity contribution in [3.63, 3.8) is 0 Å². The maximum atomic E-state index is 12.4. The number of carbonyl (C=O) groups is 1. The first-order chi connectivity index (χ1) is 10.3. The molecule has 0 spiro atoms. The average molecular weight is 309 g/mol. The van der Waals surface area contributed by atoms with Crippen molar-refractivity contribution in [2.45, 2.75) is 59.9 Å². The topological polar surface area (TPSA) is 58.4 Å². The molecule has 1 aromatic heterocycles. The van der Waals surface area contributed by atoms with E-state index in [4.69, 9.17) is 4.52 Å². The van der Waals surface area contributed by atoms with E-state index in [1.165, 1.54) is 0 Å². The molecule has 5 heteroatoms. The fourth-order valence-electron chi connectivity index (χ4n) is 2.92. The molecular formula is C17H31N3O2. The first-order valence-corrected chi connectivity index (χ1v) is 8.16. The van der Waals surface area contributed by atoms with E-state index in [9.17, 15) is 4.79 Å². The molecule has 126 valence electrons. The highest BCUT2D eigenvalue weighted by atomic mass is 16.5. The van der Waals surface area contributed by atoms with Crippen LogP contribution >= 0.6 is 0 Å². The van der Waals surface area contributed by atoms with Gasteiger partial charge >= 0.3 is 0 Å². The van der Waals surface area contributed by atoms with Gasteiger partial charge in [0.25, 0.3) is 5.91 Å². The normalized spacial score (nSPS) is 15.6. The highest BCUT2D eigenvalue weighted by Crippen LogP contribution is 2.29. The van der Waals surface area contributed by atoms with Gasteiger partial charge in [-0.1, -0.05) is 32.3 Å². The molecule has 0 aliphatic heterocycles. The standard InChI is InChI=1S/C17H31N3O2/c1-8-10-17(5,13(4)20(6)7)11-18-16(21)15-12(3)14(9-2)22-19-15/h13H,8-11H2,1-7H3,(H,18,21). The van der Waals surface area contributed by atoms with Crippen molar-refractivity contribution in [2.75, 3.05) is 20.6 Å². The summed E-state index contributed by atoms with van der Waals surface area (Å²) in [6.45, 7) is 11.1. The van der Waals surface area contributed by atoms with Crippen molar-refractivity contribution < 1.29 is 9.32 Å². The summed E-state index contributed by atoms with van der Waals surface area (Å²) in [7, 11) is 4.16. The van der Waals surface area contributed by atoms with Crippen LogP contribution in [0.25, 0.3) is 0 Å². The zero-order chi connectivity index (χ0) is 16.9. The third-order valence-electron chi connectivity index (χ3n) is 4.81. The minimum Gasteiger partial charge on any atom is -0.360 e. The second kappa shape index (κ2) is 7.77. The largest absolute Gasteiger partial charge is 0.360 e. The number of aromatic nitrogens is 1. The van der Waals surface area contributed by atoms with Crippen LogP contribution in [-0.2, 0) is 6.42 Å². The summed E-state index contributed by atoms with van der Waals surface area (Å²) in [5.41, 5.74) is 1.28. The van der Waals surface area contributed by atoms with E-state index >= 15 is 0 Å². The molecule has 1 aromatic rings. The van der Waals surface area contributed by atoms with E-state index in [0.29, 0.717) is 18.3 Å². The van der Waals surface area contributed by atoms with Gasteiger partial charge in [-0.05, 0) is 34.4 Å². The summed E-state index contributed by atoms with van der Waals surface area (Å²) in [6, 6.07) is 0.373. The van der Waals surface area contributed by atoms with Gasteiger partial charge in [0, 0.05) is 30.0 Å². The van der Waals surface area contributed by atoms with Crippen molar-refractivity contribution in [1.29, 1.82) is 0 Å². The molecule has 0 radical (unpaired) electrons. The van der Waals surface area contributed by atoms with Crippen LogP contribution in [0.15, 0.2) is 4.52 Å². The molecule has 1 N–H and O–H groups in total. The second-order valence-corrected chi connectivity index (χ2v) is 6.66. The Morgan fingerprint density at radius 1 is 1.41 bits per heavy atom. The molecule has 1 heterocycles. The number of hydrogen-bond acceptors (Lipinski definition) is 4. The highest BCUT2D eigenvalue weighted by molar-refractivity contribution is 5.93. The van der Waals surface area contributed by atoms with Crippen molar-refractivity contribution in [3.05, 3.63) is 17.0 Å². The summed E-state index contributed by atoms with van der Waals surface area (Å²) in [6.07, 6.45) is 2.90. The number of amides is 1. The van der Waals surface area contributed by atoms with Gasteiger partial charge in [-0.3, -0.25) is 4.79 Å². The molecule has 0 bridgehead atoms. The molecule has 0 saturated carbocycles. The van der Waals surface area contributed by atoms with E-state index < -0.39 is 0 Å². The molecule has 2 unspecified atom stereocenters. The first-order valence-electron chi connectivity index (χ1n) is 8.16. The summed E-state index contributed by atoms with van der Waals surface area (Å²) in [5, 5.41) is 6.97. The zero-order valence-corrected chi connectivity index (χ0v) is 15.1. The van der Waals surface area contributed by atoms with Crippen molar-refractivity contribution in [3.8, 4) is 0 Å². The molecular weight excluding hydrogens is 278 g/mol. The van der Waals surface area contributed by atoms with Crippen molar-refractivity contribution >= 4 is 5.91 Å². The summed E-state index contributed by atoms with van der Waals surface area (Å²) >= 11 is 0. The van der Waals surface area contributed by atoms with Crippen LogP contribution in [0, 0.1) is 12.3 Å². The predicted molar refractivity (Wildman–Crippen MR) is 89.1 cm³/mol. The maximum absolute atomic E-state index is 12.4. The van der Waals surface area contributed by atoms with Gasteiger partial charge in [-0.2, -0.15) is 0 Å². The van der Waals surface area contributed by atoms with E-state index in [-0.39, 0.29) is 11.3 Å². The third kappa shape index (κ3) is 4.09. The number of aryl methyl sites for hydroxylation is 1. The Morgan fingerprint density at radius 3 is 2.50 bits per heavy atom. The van der Waals surface area contributed by atoms with Crippen LogP contribution in [0.2, 0.25) is 0 Å². The van der Waals surface area contributed by atoms with Gasteiger partial charge in [0.1, 0.15) is 5.76 Å². The summed E-state index contributed by atoms with van der Waals surface area (Å²) in [4.78, 5) is 14.6. The van der Waals surface area contributed by atoms with Gasteiger partial charge in [-0.25, -0.2) is 0 Å². The van der Waals surface area contributed by atoms with Crippen LogP contribution in [0.3, 0.4) is 0 Å². The van der Waals surface area contributed by atoms with E-state index in [1.54, 1.807) is 0 Å². The molecule has 0 fully saturated rings. The first kappa shape index (κ1) is 18.7. The third-order valence-corrected chi connectivity index (χ3v) is 4.81. The smallest absolute Gasteiger partial charge is 0.273 e. The Hall–Kier alpha value is -1.36. The fourth-order valence-corrected chi connectivity index (χ4v) is 2.92. The maximum Gasteiger partial charge on any atom is 0.273 e. The Labute approximate surface area is 134 Å². The molecule has 0 aliphatic rings. The van der Waals surface area contributed by atoms with Gasteiger partial charge in [0.15, 0.2) is 5.69 Å². The predicted octanol–water partition coefficient (Wildman–Crippen LogP) is 3.03. The monoisotopic (exact) mass is 309 g/mol. The highest BCUT2D eigenvalue weighted by Gasteiger charge is 2.32. The Bertz CT molecular complexity index is 496. The van der Waals surface area contributed by atoms with Gasteiger partial charge in [-0.15, -0.1) is 0 Å². The van der Waals surface area contributed by atoms with E-state index in [0.717, 1.165) is 30.6 Å². The molecule has 0 aliphatic carbocycles. The number of nitrogens with one attached hydrogen (secondary N) is 1. The summed E-state index contributed by atoms with van der Waals surface area (Å²) in [5.74, 6) is 0.636. The van der Waals surface area contributed by atoms with Gasteiger partial charge in [0.2, 0.25) is 0 Å². The zero-order valence-electron chi connectivity index (χ0n) is 15.1. The molecule has 0 aromatic carbocycles. The number of rotatable bonds is 8. The Kier molecular flexibility index (Phi) is 6.60. The quantitative estimate of drug-likeness (QED) is 0.802. The van der Waals surface area contributed by atoms with Crippen LogP contribution in [0.5, 0.6) is 0 Å². The van der Waals surface area contributed by atoms with Crippen LogP contribution < -0.4 is 5.32 Å². The Balaban J connectivity index is 2.80. The number of carbonyl (C=O) groups excluding carboxylic acids is 1. The van der Waals surface area contributed by atoms with Crippen LogP contribution in [-0.4, -0.2) is 42.6 Å². The minimum absolute atomic E-state index is 0.0269. The molecule has 1 rings (SSSR count). The molecule has 1 amide bonds. The van der Waals surface area contributed by atoms with Crippen LogP contribution in [0.4, 0.5) is 0 Å². The van der Waals surface area contributed by atoms with E-state index in [1.807, 2.05) is 13.8 Å². The fraction of sp³-hybridized carbons (Fsp3) is 0.765. The minimum atomic E-state index is -0.144. The van der Waals surface area contributed by atoms with Gasteiger partial charge < -0.3 is 14.7 Å². The molecule has 0 saturated heterocycles. The second-order valence-electron chi connectivity index (χ2n) is 6.66.